The van der Waals surface area contributed by atoms with Gasteiger partial charge in [-0.05, 0) is 30.0 Å². The lowest BCUT2D eigenvalue weighted by Gasteiger charge is -2.38. The van der Waals surface area contributed by atoms with Crippen LogP contribution in [0.25, 0.3) is 0 Å². The molecule has 0 amide bonds. The summed E-state index contributed by atoms with van der Waals surface area (Å²) in [5, 5.41) is 0. The number of nitrogens with zero attached hydrogens (tertiary/aromatic N) is 2. The molecular formula is C17H21N2O2P. The summed E-state index contributed by atoms with van der Waals surface area (Å²) in [6.07, 6.45) is 6.71. The Morgan fingerprint density at radius 2 is 2.00 bits per heavy atom. The molecule has 22 heavy (non-hydrogen) atoms. The highest BCUT2D eigenvalue weighted by Crippen LogP contribution is 2.55. The lowest BCUT2D eigenvalue weighted by Crippen LogP contribution is -2.31. The van der Waals surface area contributed by atoms with Crippen LogP contribution in [-0.4, -0.2) is 21.1 Å². The zero-order valence-electron chi connectivity index (χ0n) is 12.5. The Hall–Kier alpha value is -1.48. The van der Waals surface area contributed by atoms with E-state index in [0.717, 1.165) is 30.4 Å². The second-order valence-electron chi connectivity index (χ2n) is 5.77. The van der Waals surface area contributed by atoms with Crippen molar-refractivity contribution >= 4 is 7.52 Å². The maximum atomic E-state index is 13.0. The SMILES string of the molecule is O=P(O)(Cc1ccccc1)N1CCCC[C@@H]1c1cccnc1. The molecular weight excluding hydrogens is 295 g/mol. The van der Waals surface area contributed by atoms with Crippen molar-refractivity contribution in [2.75, 3.05) is 6.54 Å². The van der Waals surface area contributed by atoms with Crippen molar-refractivity contribution in [3.8, 4) is 0 Å². The van der Waals surface area contributed by atoms with Crippen LogP contribution >= 0.6 is 7.52 Å². The van der Waals surface area contributed by atoms with Gasteiger partial charge in [0.1, 0.15) is 0 Å². The molecule has 1 fully saturated rings. The first-order valence-corrected chi connectivity index (χ1v) is 9.49. The van der Waals surface area contributed by atoms with Gasteiger partial charge in [-0.15, -0.1) is 0 Å². The summed E-state index contributed by atoms with van der Waals surface area (Å²) < 4.78 is 14.8. The predicted molar refractivity (Wildman–Crippen MR) is 87.5 cm³/mol. The van der Waals surface area contributed by atoms with Crippen LogP contribution in [0, 0.1) is 0 Å². The number of piperidine rings is 1. The number of rotatable bonds is 4. The van der Waals surface area contributed by atoms with Crippen molar-refractivity contribution in [3.63, 3.8) is 0 Å². The van der Waals surface area contributed by atoms with E-state index >= 15 is 0 Å². The first-order valence-electron chi connectivity index (χ1n) is 7.69. The zero-order valence-corrected chi connectivity index (χ0v) is 13.4. The van der Waals surface area contributed by atoms with Crippen LogP contribution < -0.4 is 0 Å². The van der Waals surface area contributed by atoms with Gasteiger partial charge in [0.05, 0.1) is 6.16 Å². The molecule has 0 saturated carbocycles. The fourth-order valence-electron chi connectivity index (χ4n) is 3.11. The summed E-state index contributed by atoms with van der Waals surface area (Å²) in [6, 6.07) is 13.4. The van der Waals surface area contributed by atoms with Gasteiger partial charge in [0.25, 0.3) is 7.52 Å². The predicted octanol–water partition coefficient (Wildman–Crippen LogP) is 3.99. The monoisotopic (exact) mass is 316 g/mol. The summed E-state index contributed by atoms with van der Waals surface area (Å²) in [7, 11) is -3.41. The number of benzene rings is 1. The fraction of sp³-hybridized carbons (Fsp3) is 0.353. The molecule has 1 aliphatic heterocycles. The second kappa shape index (κ2) is 6.74. The smallest absolute Gasteiger partial charge is 0.274 e. The normalized spacial score (nSPS) is 22.1. The van der Waals surface area contributed by atoms with E-state index < -0.39 is 7.52 Å². The van der Waals surface area contributed by atoms with E-state index in [4.69, 9.17) is 0 Å². The van der Waals surface area contributed by atoms with E-state index in [-0.39, 0.29) is 12.2 Å². The van der Waals surface area contributed by atoms with Gasteiger partial charge in [-0.25, -0.2) is 4.67 Å². The van der Waals surface area contributed by atoms with Crippen molar-refractivity contribution in [1.29, 1.82) is 0 Å². The van der Waals surface area contributed by atoms with Gasteiger partial charge < -0.3 is 4.89 Å². The third-order valence-corrected chi connectivity index (χ3v) is 6.24. The Morgan fingerprint density at radius 1 is 1.18 bits per heavy atom. The molecule has 1 saturated heterocycles. The van der Waals surface area contributed by atoms with Crippen LogP contribution in [0.1, 0.15) is 36.4 Å². The number of aromatic nitrogens is 1. The third kappa shape index (κ3) is 3.46. The Morgan fingerprint density at radius 3 is 2.73 bits per heavy atom. The molecule has 2 aromatic rings. The number of hydrogen-bond acceptors (Lipinski definition) is 2. The Balaban J connectivity index is 1.85. The van der Waals surface area contributed by atoms with E-state index in [0.29, 0.717) is 6.54 Å². The van der Waals surface area contributed by atoms with Crippen LogP contribution in [0.4, 0.5) is 0 Å². The van der Waals surface area contributed by atoms with Gasteiger partial charge in [0.15, 0.2) is 0 Å². The molecule has 2 atom stereocenters. The van der Waals surface area contributed by atoms with Crippen molar-refractivity contribution < 1.29 is 9.46 Å². The summed E-state index contributed by atoms with van der Waals surface area (Å²) in [5.74, 6) is 0. The van der Waals surface area contributed by atoms with Gasteiger partial charge >= 0.3 is 0 Å². The van der Waals surface area contributed by atoms with Crippen molar-refractivity contribution in [1.82, 2.24) is 9.65 Å². The third-order valence-electron chi connectivity index (χ3n) is 4.18. The molecule has 0 spiro atoms. The minimum Gasteiger partial charge on any atom is -0.333 e. The summed E-state index contributed by atoms with van der Waals surface area (Å²) in [4.78, 5) is 14.8. The average Bonchev–Trinajstić information content (AvgIpc) is 2.56. The van der Waals surface area contributed by atoms with Crippen LogP contribution in [0.15, 0.2) is 54.9 Å². The molecule has 116 valence electrons. The molecule has 3 rings (SSSR count). The molecule has 1 unspecified atom stereocenters. The van der Waals surface area contributed by atoms with E-state index in [2.05, 4.69) is 4.98 Å². The van der Waals surface area contributed by atoms with Crippen LogP contribution in [0.2, 0.25) is 0 Å². The van der Waals surface area contributed by atoms with E-state index in [9.17, 15) is 9.46 Å². The molecule has 1 N–H and O–H groups in total. The van der Waals surface area contributed by atoms with Crippen molar-refractivity contribution in [2.45, 2.75) is 31.5 Å². The van der Waals surface area contributed by atoms with Crippen molar-refractivity contribution in [3.05, 3.63) is 66.0 Å². The zero-order chi connectivity index (χ0) is 15.4. The molecule has 0 radical (unpaired) electrons. The minimum atomic E-state index is -3.41. The standard InChI is InChI=1S/C17H21N2O2P/c20-22(21,14-15-7-2-1-3-8-15)19-12-5-4-10-17(19)16-9-6-11-18-13-16/h1-3,6-9,11,13,17H,4-5,10,12,14H2,(H,20,21)/t17-/m1/s1. The molecule has 0 bridgehead atoms. The maximum Gasteiger partial charge on any atom is 0.274 e. The van der Waals surface area contributed by atoms with Crippen LogP contribution in [0.5, 0.6) is 0 Å². The van der Waals surface area contributed by atoms with Gasteiger partial charge in [0.2, 0.25) is 0 Å². The summed E-state index contributed by atoms with van der Waals surface area (Å²) in [5.41, 5.74) is 1.94. The van der Waals surface area contributed by atoms with Crippen molar-refractivity contribution in [2.24, 2.45) is 0 Å². The second-order valence-corrected chi connectivity index (χ2v) is 7.93. The highest BCUT2D eigenvalue weighted by molar-refractivity contribution is 7.54. The Kier molecular flexibility index (Phi) is 4.72. The quantitative estimate of drug-likeness (QED) is 0.866. The van der Waals surface area contributed by atoms with Crippen LogP contribution in [0.3, 0.4) is 0 Å². The molecule has 0 aliphatic carbocycles. The highest BCUT2D eigenvalue weighted by atomic mass is 31.2. The lowest BCUT2D eigenvalue weighted by atomic mass is 9.99. The van der Waals surface area contributed by atoms with Crippen LogP contribution in [-0.2, 0) is 10.7 Å². The van der Waals surface area contributed by atoms with E-state index in [1.807, 2.05) is 48.7 Å². The first kappa shape index (κ1) is 15.4. The largest absolute Gasteiger partial charge is 0.333 e. The number of hydrogen-bond donors (Lipinski definition) is 1. The minimum absolute atomic E-state index is 0.0120. The van der Waals surface area contributed by atoms with Gasteiger partial charge in [-0.3, -0.25) is 9.55 Å². The highest BCUT2D eigenvalue weighted by Gasteiger charge is 2.36. The molecule has 4 nitrogen and oxygen atoms in total. The fourth-order valence-corrected chi connectivity index (χ4v) is 5.12. The molecule has 2 heterocycles. The van der Waals surface area contributed by atoms with Gasteiger partial charge in [-0.2, -0.15) is 0 Å². The van der Waals surface area contributed by atoms with E-state index in [1.54, 1.807) is 10.9 Å². The molecule has 1 aromatic carbocycles. The molecule has 1 aromatic heterocycles. The van der Waals surface area contributed by atoms with Gasteiger partial charge in [-0.1, -0.05) is 42.8 Å². The molecule has 1 aliphatic rings. The maximum absolute atomic E-state index is 13.0. The summed E-state index contributed by atoms with van der Waals surface area (Å²) in [6.45, 7) is 0.667. The van der Waals surface area contributed by atoms with E-state index in [1.165, 1.54) is 0 Å². The summed E-state index contributed by atoms with van der Waals surface area (Å²) >= 11 is 0. The average molecular weight is 316 g/mol. The first-order chi connectivity index (χ1) is 10.7. The molecule has 5 heteroatoms. The number of pyridine rings is 1. The lowest BCUT2D eigenvalue weighted by molar-refractivity contribution is 0.226. The topological polar surface area (TPSA) is 53.4 Å². The Bertz CT molecular complexity index is 648. The van der Waals surface area contributed by atoms with Gasteiger partial charge in [0, 0.05) is 25.0 Å². The Labute approximate surface area is 131 Å².